The van der Waals surface area contributed by atoms with Crippen LogP contribution in [0.1, 0.15) is 29.2 Å². The second-order valence-corrected chi connectivity index (χ2v) is 5.85. The van der Waals surface area contributed by atoms with E-state index in [-0.39, 0.29) is 5.56 Å². The fourth-order valence-electron chi connectivity index (χ4n) is 3.23. The molecule has 1 aromatic carbocycles. The van der Waals surface area contributed by atoms with Gasteiger partial charge >= 0.3 is 0 Å². The van der Waals surface area contributed by atoms with Crippen LogP contribution in [0.4, 0.5) is 0 Å². The standard InChI is InChI=1S/C19H20N2O/c1-3-11-21(14-15-10-12-20(2)19(22)13-15)18-9-8-16-6-4-5-7-17(16)18/h1,4-7,10,12-13,18H,8-9,11,14H2,2H3/t18-/m0/s1. The second kappa shape index (κ2) is 6.21. The number of pyridine rings is 1. The minimum Gasteiger partial charge on any atom is -0.319 e. The van der Waals surface area contributed by atoms with E-state index in [1.165, 1.54) is 11.1 Å². The monoisotopic (exact) mass is 292 g/mol. The number of nitrogens with zero attached hydrogens (tertiary/aromatic N) is 2. The Morgan fingerprint density at radius 1 is 1.36 bits per heavy atom. The van der Waals surface area contributed by atoms with Crippen LogP contribution in [0.2, 0.25) is 0 Å². The van der Waals surface area contributed by atoms with E-state index in [0.29, 0.717) is 19.1 Å². The molecule has 0 fully saturated rings. The van der Waals surface area contributed by atoms with Gasteiger partial charge in [-0.1, -0.05) is 30.2 Å². The lowest BCUT2D eigenvalue weighted by Crippen LogP contribution is -2.28. The van der Waals surface area contributed by atoms with Crippen LogP contribution in [0, 0.1) is 12.3 Å². The quantitative estimate of drug-likeness (QED) is 0.809. The first-order valence-corrected chi connectivity index (χ1v) is 7.60. The Kier molecular flexibility index (Phi) is 4.13. The van der Waals surface area contributed by atoms with E-state index >= 15 is 0 Å². The van der Waals surface area contributed by atoms with Crippen LogP contribution in [0.3, 0.4) is 0 Å². The Morgan fingerprint density at radius 2 is 2.18 bits per heavy atom. The van der Waals surface area contributed by atoms with Crippen molar-refractivity contribution in [1.82, 2.24) is 9.47 Å². The first-order chi connectivity index (χ1) is 10.7. The number of fused-ring (bicyclic) bond motifs is 1. The van der Waals surface area contributed by atoms with E-state index in [1.807, 2.05) is 12.3 Å². The zero-order chi connectivity index (χ0) is 15.5. The molecular weight excluding hydrogens is 272 g/mol. The Bertz CT molecular complexity index is 769. The SMILES string of the molecule is C#CCN(Cc1ccn(C)c(=O)c1)[C@H]1CCc2ccccc21. The summed E-state index contributed by atoms with van der Waals surface area (Å²) in [5.41, 5.74) is 3.83. The molecule has 0 saturated carbocycles. The molecule has 112 valence electrons. The number of aryl methyl sites for hydroxylation is 2. The molecule has 0 radical (unpaired) electrons. The van der Waals surface area contributed by atoms with Crippen LogP contribution < -0.4 is 5.56 Å². The summed E-state index contributed by atoms with van der Waals surface area (Å²) in [7, 11) is 1.76. The van der Waals surface area contributed by atoms with Crippen molar-refractivity contribution in [3.8, 4) is 12.3 Å². The van der Waals surface area contributed by atoms with Gasteiger partial charge in [-0.25, -0.2) is 0 Å². The zero-order valence-corrected chi connectivity index (χ0v) is 12.8. The van der Waals surface area contributed by atoms with Crippen LogP contribution in [-0.2, 0) is 20.0 Å². The maximum absolute atomic E-state index is 11.8. The van der Waals surface area contributed by atoms with Gasteiger partial charge in [0.15, 0.2) is 0 Å². The van der Waals surface area contributed by atoms with Crippen molar-refractivity contribution < 1.29 is 0 Å². The fourth-order valence-corrected chi connectivity index (χ4v) is 3.23. The predicted octanol–water partition coefficient (Wildman–Crippen LogP) is 2.51. The molecule has 1 aromatic heterocycles. The van der Waals surface area contributed by atoms with Crippen molar-refractivity contribution in [3.05, 3.63) is 69.6 Å². The summed E-state index contributed by atoms with van der Waals surface area (Å²) >= 11 is 0. The van der Waals surface area contributed by atoms with Crippen molar-refractivity contribution in [2.45, 2.75) is 25.4 Å². The number of hydrogen-bond acceptors (Lipinski definition) is 2. The highest BCUT2D eigenvalue weighted by Gasteiger charge is 2.27. The Balaban J connectivity index is 1.86. The number of terminal acetylenes is 1. The van der Waals surface area contributed by atoms with Crippen molar-refractivity contribution in [1.29, 1.82) is 0 Å². The molecule has 1 aliphatic rings. The lowest BCUT2D eigenvalue weighted by Gasteiger charge is -2.28. The minimum absolute atomic E-state index is 0.0185. The lowest BCUT2D eigenvalue weighted by atomic mass is 10.1. The van der Waals surface area contributed by atoms with E-state index < -0.39 is 0 Å². The summed E-state index contributed by atoms with van der Waals surface area (Å²) in [5, 5.41) is 0. The molecule has 1 atom stereocenters. The molecule has 3 heteroatoms. The zero-order valence-electron chi connectivity index (χ0n) is 12.8. The van der Waals surface area contributed by atoms with Gasteiger partial charge in [0.05, 0.1) is 6.54 Å². The van der Waals surface area contributed by atoms with E-state index in [0.717, 1.165) is 18.4 Å². The van der Waals surface area contributed by atoms with E-state index in [4.69, 9.17) is 6.42 Å². The van der Waals surface area contributed by atoms with Crippen LogP contribution in [0.25, 0.3) is 0 Å². The maximum atomic E-state index is 11.8. The minimum atomic E-state index is 0.0185. The highest BCUT2D eigenvalue weighted by atomic mass is 16.1. The fraction of sp³-hybridized carbons (Fsp3) is 0.316. The maximum Gasteiger partial charge on any atom is 0.250 e. The van der Waals surface area contributed by atoms with Crippen LogP contribution in [-0.4, -0.2) is 16.0 Å². The summed E-state index contributed by atoms with van der Waals surface area (Å²) in [4.78, 5) is 14.1. The van der Waals surface area contributed by atoms with Crippen LogP contribution >= 0.6 is 0 Å². The van der Waals surface area contributed by atoms with Crippen molar-refractivity contribution in [2.75, 3.05) is 6.54 Å². The van der Waals surface area contributed by atoms with Crippen molar-refractivity contribution >= 4 is 0 Å². The number of aromatic nitrogens is 1. The van der Waals surface area contributed by atoms with Gasteiger partial charge in [-0.15, -0.1) is 6.42 Å². The molecule has 0 saturated heterocycles. The topological polar surface area (TPSA) is 25.2 Å². The largest absolute Gasteiger partial charge is 0.319 e. The number of rotatable bonds is 4. The van der Waals surface area contributed by atoms with Gasteiger partial charge in [0.2, 0.25) is 0 Å². The number of benzene rings is 1. The summed E-state index contributed by atoms with van der Waals surface area (Å²) in [6.45, 7) is 1.30. The lowest BCUT2D eigenvalue weighted by molar-refractivity contribution is 0.213. The molecule has 0 bridgehead atoms. The average molecular weight is 292 g/mol. The molecule has 3 nitrogen and oxygen atoms in total. The molecule has 0 aliphatic heterocycles. The van der Waals surface area contributed by atoms with E-state index in [9.17, 15) is 4.79 Å². The van der Waals surface area contributed by atoms with Gasteiger partial charge in [-0.05, 0) is 35.6 Å². The Labute approximate surface area is 131 Å². The van der Waals surface area contributed by atoms with Gasteiger partial charge < -0.3 is 4.57 Å². The Morgan fingerprint density at radius 3 is 2.95 bits per heavy atom. The molecule has 0 spiro atoms. The van der Waals surface area contributed by atoms with E-state index in [2.05, 4.69) is 35.1 Å². The van der Waals surface area contributed by atoms with Gasteiger partial charge in [0, 0.05) is 31.9 Å². The molecule has 2 aromatic rings. The molecule has 1 aliphatic carbocycles. The first-order valence-electron chi connectivity index (χ1n) is 7.60. The molecular formula is C19H20N2O. The second-order valence-electron chi connectivity index (χ2n) is 5.85. The van der Waals surface area contributed by atoms with Gasteiger partial charge in [-0.3, -0.25) is 9.69 Å². The molecule has 1 heterocycles. The third-order valence-corrected chi connectivity index (χ3v) is 4.39. The Hall–Kier alpha value is -2.31. The molecule has 0 amide bonds. The summed E-state index contributed by atoms with van der Waals surface area (Å²) in [5.74, 6) is 2.76. The smallest absolute Gasteiger partial charge is 0.250 e. The molecule has 0 unspecified atom stereocenters. The normalized spacial score (nSPS) is 16.5. The summed E-state index contributed by atoms with van der Waals surface area (Å²) in [6.07, 6.45) is 9.57. The van der Waals surface area contributed by atoms with Gasteiger partial charge in [-0.2, -0.15) is 0 Å². The summed E-state index contributed by atoms with van der Waals surface area (Å²) < 4.78 is 1.58. The van der Waals surface area contributed by atoms with Gasteiger partial charge in [0.25, 0.3) is 5.56 Å². The van der Waals surface area contributed by atoms with Crippen LogP contribution in [0.15, 0.2) is 47.4 Å². The molecule has 0 N–H and O–H groups in total. The molecule has 3 rings (SSSR count). The third-order valence-electron chi connectivity index (χ3n) is 4.39. The third kappa shape index (κ3) is 2.84. The highest BCUT2D eigenvalue weighted by molar-refractivity contribution is 5.34. The average Bonchev–Trinajstić information content (AvgIpc) is 2.94. The summed E-state index contributed by atoms with van der Waals surface area (Å²) in [6, 6.07) is 12.6. The highest BCUT2D eigenvalue weighted by Crippen LogP contribution is 2.36. The predicted molar refractivity (Wildman–Crippen MR) is 88.4 cm³/mol. The van der Waals surface area contributed by atoms with Crippen molar-refractivity contribution in [3.63, 3.8) is 0 Å². The van der Waals surface area contributed by atoms with E-state index in [1.54, 1.807) is 17.7 Å². The van der Waals surface area contributed by atoms with Gasteiger partial charge in [0.1, 0.15) is 0 Å². The van der Waals surface area contributed by atoms with Crippen molar-refractivity contribution in [2.24, 2.45) is 7.05 Å². The van der Waals surface area contributed by atoms with Crippen LogP contribution in [0.5, 0.6) is 0 Å². The first kappa shape index (κ1) is 14.6. The number of hydrogen-bond donors (Lipinski definition) is 0. The molecule has 22 heavy (non-hydrogen) atoms.